The first-order valence-electron chi connectivity index (χ1n) is 10.8. The van der Waals surface area contributed by atoms with Gasteiger partial charge in [0.15, 0.2) is 6.04 Å². The number of carbonyl (C=O) groups is 1. The van der Waals surface area contributed by atoms with E-state index >= 15 is 0 Å². The van der Waals surface area contributed by atoms with Crippen LogP contribution >= 0.6 is 35.2 Å². The number of carbonyl (C=O) groups excluding carboxylic acids is 1. The van der Waals surface area contributed by atoms with E-state index in [2.05, 4.69) is 24.7 Å². The summed E-state index contributed by atoms with van der Waals surface area (Å²) < 4.78 is 105. The van der Waals surface area contributed by atoms with Gasteiger partial charge in [0.25, 0.3) is 36.3 Å². The van der Waals surface area contributed by atoms with Crippen molar-refractivity contribution < 1.29 is 58.3 Å². The lowest BCUT2D eigenvalue weighted by Gasteiger charge is -2.15. The molecule has 4 N–H and O–H groups in total. The Balaban J connectivity index is 1.80. The van der Waals surface area contributed by atoms with Gasteiger partial charge in [-0.2, -0.15) is 45.6 Å². The molecule has 230 valence electrons. The minimum Gasteiger partial charge on any atom is -0.282 e. The van der Waals surface area contributed by atoms with Crippen molar-refractivity contribution in [2.75, 3.05) is 5.01 Å². The topological polar surface area (TPSA) is 259 Å². The molecule has 0 fully saturated rings. The second-order valence-corrected chi connectivity index (χ2v) is 14.1. The number of azo groups is 1. The number of anilines is 1. The molecule has 1 heterocycles. The van der Waals surface area contributed by atoms with Gasteiger partial charge in [0, 0.05) is 10.3 Å². The first-order chi connectivity index (χ1) is 19.8. The van der Waals surface area contributed by atoms with Crippen LogP contribution in [0.15, 0.2) is 71.3 Å². The van der Waals surface area contributed by atoms with Gasteiger partial charge in [0.2, 0.25) is 0 Å². The van der Waals surface area contributed by atoms with Crippen molar-refractivity contribution in [2.24, 2.45) is 15.3 Å². The third-order valence-electron chi connectivity index (χ3n) is 5.57. The molecule has 1 aliphatic heterocycles. The van der Waals surface area contributed by atoms with Crippen molar-refractivity contribution in [3.63, 3.8) is 0 Å². The Labute approximate surface area is 256 Å². The van der Waals surface area contributed by atoms with Gasteiger partial charge in [-0.1, -0.05) is 28.2 Å². The fourth-order valence-corrected chi connectivity index (χ4v) is 7.01. The summed E-state index contributed by atoms with van der Waals surface area (Å²) in [5.74, 6) is -0.917. The first kappa shape index (κ1) is 33.1. The van der Waals surface area contributed by atoms with Crippen molar-refractivity contribution in [1.29, 1.82) is 0 Å². The van der Waals surface area contributed by atoms with E-state index in [1.807, 2.05) is 0 Å². The lowest BCUT2D eigenvalue weighted by atomic mass is 10.1. The molecule has 17 nitrogen and oxygen atoms in total. The summed E-state index contributed by atoms with van der Waals surface area (Å²) >= 11 is 12.3. The van der Waals surface area contributed by atoms with Crippen molar-refractivity contribution in [3.05, 3.63) is 46.4 Å². The molecule has 0 aliphatic carbocycles. The summed E-state index contributed by atoms with van der Waals surface area (Å²) in [5.41, 5.74) is -0.860. The van der Waals surface area contributed by atoms with Crippen LogP contribution in [-0.2, 0) is 44.5 Å². The normalized spacial score (nSPS) is 16.4. The molecule has 0 aromatic heterocycles. The molecule has 0 saturated heterocycles. The molecule has 1 amide bonds. The first-order valence-corrected chi connectivity index (χ1v) is 16.6. The van der Waals surface area contributed by atoms with E-state index in [1.54, 1.807) is 0 Å². The van der Waals surface area contributed by atoms with Crippen LogP contribution in [0.25, 0.3) is 10.8 Å². The number of hydrazone groups is 1. The minimum absolute atomic E-state index is 0.0135. The number of benzene rings is 3. The van der Waals surface area contributed by atoms with Gasteiger partial charge in [-0.3, -0.25) is 18.5 Å². The summed E-state index contributed by atoms with van der Waals surface area (Å²) in [6.45, 7) is 1.33. The van der Waals surface area contributed by atoms with E-state index in [4.69, 9.17) is 28.5 Å². The molecular weight excluding hydrogens is 703 g/mol. The zero-order chi connectivity index (χ0) is 32.1. The Bertz CT molecular complexity index is 2070. The molecule has 0 saturated carbocycles. The summed E-state index contributed by atoms with van der Waals surface area (Å²) in [6.07, 6.45) is 0. The second-order valence-electron chi connectivity index (χ2n) is 8.36. The van der Waals surface area contributed by atoms with Crippen LogP contribution in [-0.4, -0.2) is 61.8 Å². The molecule has 1 unspecified atom stereocenters. The monoisotopic (exact) mass is 716 g/mol. The maximum Gasteiger partial charge on any atom is 0.296 e. The molecule has 23 heteroatoms. The van der Waals surface area contributed by atoms with Gasteiger partial charge in [-0.15, -0.1) is 4.33 Å². The van der Waals surface area contributed by atoms with Crippen LogP contribution in [0.2, 0.25) is 10.0 Å². The van der Waals surface area contributed by atoms with Gasteiger partial charge in [0.05, 0.1) is 33.5 Å². The molecular formula is C20H14Cl2N4O13S4. The second kappa shape index (κ2) is 11.9. The smallest absolute Gasteiger partial charge is 0.282 e. The van der Waals surface area contributed by atoms with Crippen LogP contribution < -0.4 is 5.01 Å². The predicted molar refractivity (Wildman–Crippen MR) is 149 cm³/mol. The third kappa shape index (κ3) is 6.97. The Morgan fingerprint density at radius 3 is 2.09 bits per heavy atom. The lowest BCUT2D eigenvalue weighted by Crippen LogP contribution is -2.30. The SMILES string of the molecule is CC1=NN(c2cc(Cl)c(S(=O)(=O)O)cc2Cl)C(=O)C1N=Nc1cc2c(S(=O)(=O)O)cc(SOOO)cc2cc1S(=O)(=O)O. The highest BCUT2D eigenvalue weighted by atomic mass is 35.5. The Hall–Kier alpha value is -2.80. The highest BCUT2D eigenvalue weighted by Crippen LogP contribution is 2.38. The van der Waals surface area contributed by atoms with Gasteiger partial charge in [-0.05, 0) is 48.7 Å². The van der Waals surface area contributed by atoms with Crippen molar-refractivity contribution >= 4 is 99.4 Å². The number of rotatable bonds is 9. The quantitative estimate of drug-likeness (QED) is 0.0796. The number of hydrogen-bond donors (Lipinski definition) is 4. The van der Waals surface area contributed by atoms with Crippen LogP contribution in [0.4, 0.5) is 11.4 Å². The van der Waals surface area contributed by atoms with E-state index < -0.39 is 67.7 Å². The summed E-state index contributed by atoms with van der Waals surface area (Å²) in [5, 5.41) is 22.8. The molecule has 0 radical (unpaired) electrons. The maximum atomic E-state index is 13.2. The molecule has 1 atom stereocenters. The maximum absolute atomic E-state index is 13.2. The highest BCUT2D eigenvalue weighted by Gasteiger charge is 2.37. The number of fused-ring (bicyclic) bond motifs is 1. The fourth-order valence-electron chi connectivity index (χ4n) is 3.78. The molecule has 4 rings (SSSR count). The van der Waals surface area contributed by atoms with Crippen molar-refractivity contribution in [2.45, 2.75) is 32.5 Å². The zero-order valence-corrected chi connectivity index (χ0v) is 25.5. The Kier molecular flexibility index (Phi) is 9.20. The average Bonchev–Trinajstić information content (AvgIpc) is 3.17. The van der Waals surface area contributed by atoms with E-state index in [1.165, 1.54) is 13.0 Å². The number of nitrogens with zero attached hydrogens (tertiary/aromatic N) is 4. The molecule has 3 aromatic carbocycles. The van der Waals surface area contributed by atoms with Gasteiger partial charge in [0.1, 0.15) is 20.4 Å². The van der Waals surface area contributed by atoms with Gasteiger partial charge < -0.3 is 0 Å². The highest BCUT2D eigenvalue weighted by molar-refractivity contribution is 7.94. The standard InChI is InChI=1S/C20H14Cl2N4O13S4/c1-8-19(20(27)26(25-8)15-6-13(22)17(7-12(15)21)42(32,33)34)24-23-14-5-11-9(3-18(14)43(35,36)37)2-10(40-39-38-28)4-16(11)41(29,30)31/h2-7,19,28H,1H3,(H,29,30,31)(H,32,33,34)(H,35,36,37). The number of hydrogen-bond acceptors (Lipinski definition) is 14. The van der Waals surface area contributed by atoms with Crippen LogP contribution in [0.5, 0.6) is 0 Å². The Morgan fingerprint density at radius 2 is 1.51 bits per heavy atom. The number of halogens is 2. The number of amides is 1. The average molecular weight is 718 g/mol. The van der Waals surface area contributed by atoms with Crippen LogP contribution in [0.1, 0.15) is 6.92 Å². The molecule has 0 bridgehead atoms. The zero-order valence-electron chi connectivity index (χ0n) is 20.7. The lowest BCUT2D eigenvalue weighted by molar-refractivity contribution is -0.432. The summed E-state index contributed by atoms with van der Waals surface area (Å²) in [7, 11) is -14.8. The largest absolute Gasteiger partial charge is 0.296 e. The van der Waals surface area contributed by atoms with E-state index in [0.29, 0.717) is 17.1 Å². The van der Waals surface area contributed by atoms with Crippen molar-refractivity contribution in [3.8, 4) is 0 Å². The van der Waals surface area contributed by atoms with E-state index in [-0.39, 0.29) is 32.1 Å². The molecule has 0 spiro atoms. The van der Waals surface area contributed by atoms with Crippen LogP contribution in [0.3, 0.4) is 0 Å². The van der Waals surface area contributed by atoms with Crippen LogP contribution in [0, 0.1) is 0 Å². The Morgan fingerprint density at radius 1 is 0.884 bits per heavy atom. The van der Waals surface area contributed by atoms with Crippen molar-refractivity contribution in [1.82, 2.24) is 0 Å². The predicted octanol–water partition coefficient (Wildman–Crippen LogP) is 4.19. The summed E-state index contributed by atoms with van der Waals surface area (Å²) in [6, 6.07) is 3.94. The molecule has 1 aliphatic rings. The molecule has 43 heavy (non-hydrogen) atoms. The van der Waals surface area contributed by atoms with E-state index in [9.17, 15) is 43.7 Å². The fraction of sp³-hybridized carbons (Fsp3) is 0.100. The van der Waals surface area contributed by atoms with E-state index in [0.717, 1.165) is 30.3 Å². The third-order valence-corrected chi connectivity index (χ3v) is 9.52. The summed E-state index contributed by atoms with van der Waals surface area (Å²) in [4.78, 5) is 10.7. The molecule has 3 aromatic rings. The van der Waals surface area contributed by atoms with Gasteiger partial charge in [-0.25, -0.2) is 5.26 Å². The minimum atomic E-state index is -5.05. The van der Waals surface area contributed by atoms with Gasteiger partial charge >= 0.3 is 0 Å².